The Hall–Kier alpha value is 1.59. The van der Waals surface area contributed by atoms with E-state index in [2.05, 4.69) is 0 Å². The van der Waals surface area contributed by atoms with Crippen LogP contribution in [0.1, 0.15) is 0 Å². The zero-order valence-corrected chi connectivity index (χ0v) is 7.36. The van der Waals surface area contributed by atoms with Crippen LogP contribution >= 0.6 is 11.8 Å². The van der Waals surface area contributed by atoms with Crippen LogP contribution in [0, 0.1) is 0 Å². The molecule has 0 aromatic rings. The molecule has 0 aliphatic heterocycles. The summed E-state index contributed by atoms with van der Waals surface area (Å²) in [6.07, 6.45) is 4.08. The Morgan fingerprint density at radius 2 is 1.00 bits per heavy atom. The minimum atomic E-state index is 0. The van der Waals surface area contributed by atoms with E-state index in [1.54, 1.807) is 11.8 Å². The summed E-state index contributed by atoms with van der Waals surface area (Å²) in [6.45, 7) is 0. The van der Waals surface area contributed by atoms with Crippen LogP contribution in [-0.2, 0) is 20.4 Å². The number of rotatable bonds is 0. The van der Waals surface area contributed by atoms with E-state index in [0.717, 1.165) is 0 Å². The first-order valence-corrected chi connectivity index (χ1v) is 2.45. The molecule has 0 unspecified atom stereocenters. The Kier molecular flexibility index (Phi) is 131. The van der Waals surface area contributed by atoms with Gasteiger partial charge in [-0.3, -0.25) is 0 Å². The van der Waals surface area contributed by atoms with Crippen LogP contribution in [0.25, 0.3) is 0 Å². The van der Waals surface area contributed by atoms with Gasteiger partial charge in [-0.15, -0.1) is 0 Å². The average Bonchev–Trinajstić information content (AvgIpc) is 0.918. The molecule has 0 saturated heterocycles. The second-order valence-corrected chi connectivity index (χ2v) is 1.22. The summed E-state index contributed by atoms with van der Waals surface area (Å²) >= 11 is 1.75. The second-order valence-electron chi connectivity index (χ2n) is 0.408. The van der Waals surface area contributed by atoms with Gasteiger partial charge in [0.05, 0.1) is 0 Å². The van der Waals surface area contributed by atoms with E-state index in [9.17, 15) is 0 Å². The van der Waals surface area contributed by atoms with Gasteiger partial charge in [-0.05, 0) is 12.5 Å². The summed E-state index contributed by atoms with van der Waals surface area (Å²) in [4.78, 5) is 0. The van der Waals surface area contributed by atoms with E-state index < -0.39 is 0 Å². The van der Waals surface area contributed by atoms with Crippen LogP contribution < -0.4 is 24.8 Å². The van der Waals surface area contributed by atoms with Gasteiger partial charge in [-0.1, -0.05) is 0 Å². The Balaban J connectivity index is -0.00000000667. The molecule has 0 aromatic heterocycles. The van der Waals surface area contributed by atoms with Crippen LogP contribution in [0.15, 0.2) is 0 Å². The molecule has 4 heteroatoms. The zero-order chi connectivity index (χ0) is 2.71. The summed E-state index contributed by atoms with van der Waals surface area (Å²) in [6, 6.07) is 0. The fourth-order valence-corrected chi connectivity index (χ4v) is 0. The van der Waals surface area contributed by atoms with Crippen molar-refractivity contribution in [2.45, 2.75) is 0 Å². The van der Waals surface area contributed by atoms with E-state index in [1.165, 1.54) is 0 Å². The molecular formula is C2H6Cl2PdS. The molecule has 0 nitrogen and oxygen atoms in total. The van der Waals surface area contributed by atoms with Crippen molar-refractivity contribution in [3.63, 3.8) is 0 Å². The van der Waals surface area contributed by atoms with Gasteiger partial charge in [-0.2, -0.15) is 11.8 Å². The van der Waals surface area contributed by atoms with Crippen molar-refractivity contribution in [3.8, 4) is 0 Å². The van der Waals surface area contributed by atoms with Crippen LogP contribution in [-0.4, -0.2) is 12.5 Å². The molecule has 0 N–H and O–H groups in total. The number of hydrogen-bond acceptors (Lipinski definition) is 1. The largest absolute Gasteiger partial charge is 2.00 e. The third-order valence-electron chi connectivity index (χ3n) is 0. The second kappa shape index (κ2) is 30.7. The molecule has 0 aliphatic carbocycles. The number of thioether (sulfide) groups is 1. The standard InChI is InChI=1S/C2H6S.2ClH.Pd/c1-3-2;;;/h1-2H3;2*1H;/q;;;+2/p-2. The van der Waals surface area contributed by atoms with Crippen LogP contribution in [0.3, 0.4) is 0 Å². The summed E-state index contributed by atoms with van der Waals surface area (Å²) in [7, 11) is 0. The van der Waals surface area contributed by atoms with Gasteiger partial charge in [0.2, 0.25) is 0 Å². The third-order valence-corrected chi connectivity index (χ3v) is 0. The predicted molar refractivity (Wildman–Crippen MR) is 19.4 cm³/mol. The van der Waals surface area contributed by atoms with Crippen LogP contribution in [0.4, 0.5) is 0 Å². The van der Waals surface area contributed by atoms with Crippen LogP contribution in [0.2, 0.25) is 0 Å². The minimum absolute atomic E-state index is 0. The first kappa shape index (κ1) is 25.6. The van der Waals surface area contributed by atoms with Crippen molar-refractivity contribution in [1.29, 1.82) is 0 Å². The summed E-state index contributed by atoms with van der Waals surface area (Å²) < 4.78 is 0. The van der Waals surface area contributed by atoms with E-state index >= 15 is 0 Å². The average molecular weight is 239 g/mol. The molecule has 0 saturated carbocycles. The zero-order valence-electron chi connectivity index (χ0n) is 3.48. The minimum Gasteiger partial charge on any atom is -1.00 e. The fraction of sp³-hybridized carbons (Fsp3) is 1.00. The molecule has 44 valence electrons. The van der Waals surface area contributed by atoms with Crippen molar-refractivity contribution in [2.75, 3.05) is 12.5 Å². The molecular weight excluding hydrogens is 233 g/mol. The molecule has 0 atom stereocenters. The Labute approximate surface area is 69.3 Å². The monoisotopic (exact) mass is 238 g/mol. The van der Waals surface area contributed by atoms with Crippen molar-refractivity contribution < 1.29 is 45.2 Å². The Morgan fingerprint density at radius 3 is 1.00 bits per heavy atom. The third kappa shape index (κ3) is 46.5. The summed E-state index contributed by atoms with van der Waals surface area (Å²) in [5, 5.41) is 0. The maximum absolute atomic E-state index is 2.04. The van der Waals surface area contributed by atoms with Crippen molar-refractivity contribution in [2.24, 2.45) is 0 Å². The Bertz CT molecular complexity index is 11.5. The van der Waals surface area contributed by atoms with E-state index in [1.807, 2.05) is 12.5 Å². The van der Waals surface area contributed by atoms with Gasteiger partial charge < -0.3 is 24.8 Å². The molecule has 6 heavy (non-hydrogen) atoms. The molecule has 0 radical (unpaired) electrons. The summed E-state index contributed by atoms with van der Waals surface area (Å²) in [5.74, 6) is 0. The van der Waals surface area contributed by atoms with Crippen molar-refractivity contribution in [1.82, 2.24) is 0 Å². The number of halogens is 2. The first-order valence-electron chi connectivity index (χ1n) is 0.816. The van der Waals surface area contributed by atoms with Gasteiger partial charge in [-0.25, -0.2) is 0 Å². The van der Waals surface area contributed by atoms with Gasteiger partial charge in [0.1, 0.15) is 0 Å². The Morgan fingerprint density at radius 1 is 1.00 bits per heavy atom. The number of hydrogen-bond donors (Lipinski definition) is 0. The van der Waals surface area contributed by atoms with Gasteiger partial charge >= 0.3 is 20.4 Å². The maximum Gasteiger partial charge on any atom is 2.00 e. The van der Waals surface area contributed by atoms with Crippen molar-refractivity contribution in [3.05, 3.63) is 0 Å². The first-order chi connectivity index (χ1) is 1.41. The molecule has 0 fully saturated rings. The maximum atomic E-state index is 2.04. The van der Waals surface area contributed by atoms with Gasteiger partial charge in [0.25, 0.3) is 0 Å². The van der Waals surface area contributed by atoms with Gasteiger partial charge in [0.15, 0.2) is 0 Å². The molecule has 0 rings (SSSR count). The van der Waals surface area contributed by atoms with E-state index in [-0.39, 0.29) is 45.2 Å². The molecule has 0 bridgehead atoms. The molecule has 0 aliphatic rings. The van der Waals surface area contributed by atoms with E-state index in [0.29, 0.717) is 0 Å². The van der Waals surface area contributed by atoms with E-state index in [4.69, 9.17) is 0 Å². The van der Waals surface area contributed by atoms with Crippen molar-refractivity contribution >= 4 is 11.8 Å². The molecule has 0 spiro atoms. The fourth-order valence-electron chi connectivity index (χ4n) is 0. The molecule has 0 amide bonds. The van der Waals surface area contributed by atoms with Crippen LogP contribution in [0.5, 0.6) is 0 Å². The normalized spacial score (nSPS) is 3.00. The quantitative estimate of drug-likeness (QED) is 0.382. The smallest absolute Gasteiger partial charge is 1.00 e. The SMILES string of the molecule is CSC.[Cl-].[Cl-].[Pd+2]. The molecule has 0 heterocycles. The predicted octanol–water partition coefficient (Wildman–Crippen LogP) is -5.02. The summed E-state index contributed by atoms with van der Waals surface area (Å²) in [5.41, 5.74) is 0. The molecule has 0 aromatic carbocycles. The topological polar surface area (TPSA) is 0 Å². The van der Waals surface area contributed by atoms with Gasteiger partial charge in [0, 0.05) is 0 Å².